The van der Waals surface area contributed by atoms with Gasteiger partial charge in [0, 0.05) is 42.0 Å². The molecule has 2 amide bonds. The van der Waals surface area contributed by atoms with E-state index < -0.39 is 6.04 Å². The Morgan fingerprint density at radius 3 is 1.54 bits per heavy atom. The smallest absolute Gasteiger partial charge is 0.306 e. The summed E-state index contributed by atoms with van der Waals surface area (Å²) >= 11 is 5.19. The van der Waals surface area contributed by atoms with E-state index in [1.54, 1.807) is 35.3 Å². The van der Waals surface area contributed by atoms with Gasteiger partial charge in [0.15, 0.2) is 0 Å². The first-order valence-corrected chi connectivity index (χ1v) is 32.1. The number of unbranched alkanes of at least 4 members (excludes halogenated alkanes) is 13. The van der Waals surface area contributed by atoms with E-state index in [4.69, 9.17) is 14.2 Å². The number of rotatable bonds is 52. The number of nitrogens with zero attached hydrogens (tertiary/aromatic N) is 1. The third-order valence-corrected chi connectivity index (χ3v) is 16.1. The van der Waals surface area contributed by atoms with Crippen LogP contribution in [0.2, 0.25) is 0 Å². The summed E-state index contributed by atoms with van der Waals surface area (Å²) in [5.41, 5.74) is 0. The lowest BCUT2D eigenvalue weighted by atomic mass is 9.95. The van der Waals surface area contributed by atoms with Crippen molar-refractivity contribution >= 4 is 65.0 Å². The Morgan fingerprint density at radius 2 is 0.972 bits per heavy atom. The van der Waals surface area contributed by atoms with Crippen LogP contribution in [-0.4, -0.2) is 122 Å². The second kappa shape index (κ2) is 50.5. The van der Waals surface area contributed by atoms with Crippen LogP contribution in [0.5, 0.6) is 0 Å². The van der Waals surface area contributed by atoms with Crippen LogP contribution in [0, 0.1) is 17.8 Å². The van der Waals surface area contributed by atoms with E-state index in [0.29, 0.717) is 112 Å². The van der Waals surface area contributed by atoms with E-state index in [-0.39, 0.29) is 29.7 Å². The molecule has 0 bridgehead atoms. The van der Waals surface area contributed by atoms with E-state index >= 15 is 0 Å². The van der Waals surface area contributed by atoms with Gasteiger partial charge in [0.1, 0.15) is 6.04 Å². The SMILES string of the molecule is CCCCCCCCC(CCCCCC)COC(=O)CCSCCC(NC(=O)CCCCC(CCSCCC(=O)OCCCCCC(C)C)SCCC(=O)OCCCCCC(C)C)C(=O)NCCN(C)C. The third kappa shape index (κ3) is 49.0. The van der Waals surface area contributed by atoms with Crippen LogP contribution in [-0.2, 0) is 38.2 Å². The van der Waals surface area contributed by atoms with Gasteiger partial charge < -0.3 is 29.7 Å². The number of carbonyl (C=O) groups excluding carboxylic acids is 5. The van der Waals surface area contributed by atoms with Gasteiger partial charge >= 0.3 is 17.9 Å². The number of thioether (sulfide) groups is 3. The minimum absolute atomic E-state index is 0.126. The second-order valence-electron chi connectivity index (χ2n) is 20.9. The van der Waals surface area contributed by atoms with Gasteiger partial charge in [0.25, 0.3) is 0 Å². The van der Waals surface area contributed by atoms with E-state index in [1.807, 2.05) is 19.0 Å². The lowest BCUT2D eigenvalue weighted by molar-refractivity contribution is -0.145. The quantitative estimate of drug-likeness (QED) is 0.0340. The topological polar surface area (TPSA) is 140 Å². The summed E-state index contributed by atoms with van der Waals surface area (Å²) in [7, 11) is 3.92. The second-order valence-corrected chi connectivity index (χ2v) is 24.7. The average molecular weight is 1060 g/mol. The minimum Gasteiger partial charge on any atom is -0.466 e. The fourth-order valence-electron chi connectivity index (χ4n) is 8.12. The number of hydrogen-bond acceptors (Lipinski definition) is 12. The van der Waals surface area contributed by atoms with Crippen molar-refractivity contribution in [2.75, 3.05) is 75.8 Å². The average Bonchev–Trinajstić information content (AvgIpc) is 3.32. The molecule has 0 fully saturated rings. The van der Waals surface area contributed by atoms with Gasteiger partial charge in [-0.3, -0.25) is 24.0 Å². The predicted molar refractivity (Wildman–Crippen MR) is 306 cm³/mol. The molecule has 0 radical (unpaired) electrons. The molecule has 0 aliphatic rings. The van der Waals surface area contributed by atoms with Crippen molar-refractivity contribution in [3.8, 4) is 0 Å². The van der Waals surface area contributed by atoms with Gasteiger partial charge in [-0.2, -0.15) is 35.3 Å². The Labute approximate surface area is 449 Å². The van der Waals surface area contributed by atoms with Crippen molar-refractivity contribution in [2.45, 2.75) is 239 Å². The summed E-state index contributed by atoms with van der Waals surface area (Å²) in [5.74, 6) is 4.67. The molecule has 0 aliphatic heterocycles. The number of ether oxygens (including phenoxy) is 3. The van der Waals surface area contributed by atoms with Crippen LogP contribution in [0.3, 0.4) is 0 Å². The van der Waals surface area contributed by atoms with E-state index in [9.17, 15) is 24.0 Å². The maximum Gasteiger partial charge on any atom is 0.306 e. The number of likely N-dealkylation sites (N-methyl/N-ethyl adjacent to an activating group) is 1. The number of amides is 2. The number of esters is 3. The Balaban J connectivity index is 5.06. The normalized spacial score (nSPS) is 12.8. The van der Waals surface area contributed by atoms with Gasteiger partial charge in [-0.1, -0.05) is 151 Å². The number of hydrogen-bond donors (Lipinski definition) is 2. The Morgan fingerprint density at radius 1 is 0.493 bits per heavy atom. The molecule has 418 valence electrons. The molecule has 0 aliphatic carbocycles. The van der Waals surface area contributed by atoms with Gasteiger partial charge in [0.2, 0.25) is 11.8 Å². The van der Waals surface area contributed by atoms with Crippen LogP contribution < -0.4 is 10.6 Å². The maximum atomic E-state index is 13.3. The molecule has 0 aromatic rings. The Bertz CT molecular complexity index is 1290. The summed E-state index contributed by atoms with van der Waals surface area (Å²) in [4.78, 5) is 66.2. The summed E-state index contributed by atoms with van der Waals surface area (Å²) in [6, 6.07) is -0.647. The van der Waals surface area contributed by atoms with Crippen molar-refractivity contribution in [2.24, 2.45) is 17.8 Å². The van der Waals surface area contributed by atoms with Crippen LogP contribution in [0.4, 0.5) is 0 Å². The molecule has 0 aromatic heterocycles. The Kier molecular flexibility index (Phi) is 49.3. The molecule has 0 aromatic carbocycles. The number of nitrogens with one attached hydrogen (secondary N) is 2. The summed E-state index contributed by atoms with van der Waals surface area (Å²) in [5, 5.41) is 6.34. The predicted octanol–water partition coefficient (Wildman–Crippen LogP) is 13.6. The van der Waals surface area contributed by atoms with Crippen molar-refractivity contribution in [3.05, 3.63) is 0 Å². The van der Waals surface area contributed by atoms with Gasteiger partial charge in [-0.25, -0.2) is 0 Å². The minimum atomic E-state index is -0.647. The van der Waals surface area contributed by atoms with Crippen molar-refractivity contribution in [1.82, 2.24) is 15.5 Å². The first kappa shape index (κ1) is 69.4. The van der Waals surface area contributed by atoms with Gasteiger partial charge in [-0.05, 0) is 94.7 Å². The van der Waals surface area contributed by atoms with E-state index in [2.05, 4.69) is 52.2 Å². The van der Waals surface area contributed by atoms with Crippen LogP contribution >= 0.6 is 35.3 Å². The highest BCUT2D eigenvalue weighted by atomic mass is 32.2. The molecule has 0 rings (SSSR count). The molecule has 3 atom stereocenters. The molecule has 11 nitrogen and oxygen atoms in total. The van der Waals surface area contributed by atoms with Crippen LogP contribution in [0.15, 0.2) is 0 Å². The lowest BCUT2D eigenvalue weighted by Crippen LogP contribution is -2.48. The van der Waals surface area contributed by atoms with Crippen molar-refractivity contribution < 1.29 is 38.2 Å². The molecule has 2 N–H and O–H groups in total. The maximum absolute atomic E-state index is 13.3. The fourth-order valence-corrected chi connectivity index (χ4v) is 11.4. The molecule has 0 saturated heterocycles. The molecular formula is C57H109N3O8S3. The molecule has 0 saturated carbocycles. The number of carbonyl (C=O) groups is 5. The molecule has 14 heteroatoms. The summed E-state index contributed by atoms with van der Waals surface area (Å²) in [6.07, 6.45) is 28.9. The zero-order chi connectivity index (χ0) is 52.6. The van der Waals surface area contributed by atoms with Gasteiger partial charge in [-0.15, -0.1) is 0 Å². The standard InChI is InChI=1S/C57H109N3O8S3/c1-9-11-13-15-16-22-30-50(29-21-14-12-10-2)47-68-56(64)36-45-70-43-34-52(57(65)58-38-39-60(7)8)59-53(61)32-24-23-31-51(71-46-37-55(63)67-41-26-18-20-28-49(5)6)33-42-69-44-35-54(62)66-40-25-17-19-27-48(3)4/h48-52H,9-47H2,1-8H3,(H,58,65)(H,59,61). The Hall–Kier alpha value is -1.64. The van der Waals surface area contributed by atoms with E-state index in [1.165, 1.54) is 83.5 Å². The highest BCUT2D eigenvalue weighted by Gasteiger charge is 2.21. The summed E-state index contributed by atoms with van der Waals surface area (Å²) < 4.78 is 16.8. The zero-order valence-electron chi connectivity index (χ0n) is 46.9. The zero-order valence-corrected chi connectivity index (χ0v) is 49.4. The van der Waals surface area contributed by atoms with Crippen molar-refractivity contribution in [3.63, 3.8) is 0 Å². The lowest BCUT2D eigenvalue weighted by Gasteiger charge is -2.20. The van der Waals surface area contributed by atoms with Crippen LogP contribution in [0.25, 0.3) is 0 Å². The molecule has 0 heterocycles. The largest absolute Gasteiger partial charge is 0.466 e. The van der Waals surface area contributed by atoms with Crippen molar-refractivity contribution in [1.29, 1.82) is 0 Å². The highest BCUT2D eigenvalue weighted by molar-refractivity contribution is 8.00. The summed E-state index contributed by atoms with van der Waals surface area (Å²) in [6.45, 7) is 16.1. The fraction of sp³-hybridized carbons (Fsp3) is 0.912. The molecule has 0 spiro atoms. The first-order chi connectivity index (χ1) is 34.3. The van der Waals surface area contributed by atoms with E-state index in [0.717, 1.165) is 75.7 Å². The monoisotopic (exact) mass is 1060 g/mol. The highest BCUT2D eigenvalue weighted by Crippen LogP contribution is 2.25. The molecular weight excluding hydrogens is 951 g/mol. The third-order valence-electron chi connectivity index (χ3n) is 12.7. The molecule has 3 unspecified atom stereocenters. The van der Waals surface area contributed by atoms with Gasteiger partial charge in [0.05, 0.1) is 39.1 Å². The van der Waals surface area contributed by atoms with Crippen LogP contribution in [0.1, 0.15) is 228 Å². The molecule has 71 heavy (non-hydrogen) atoms. The first-order valence-electron chi connectivity index (χ1n) is 28.7.